The van der Waals surface area contributed by atoms with Gasteiger partial charge >= 0.3 is 12.0 Å². The molecule has 1 aliphatic heterocycles. The van der Waals surface area contributed by atoms with Crippen LogP contribution in [0.5, 0.6) is 0 Å². The van der Waals surface area contributed by atoms with Gasteiger partial charge < -0.3 is 15.7 Å². The maximum Gasteiger partial charge on any atom is 0.315 e. The van der Waals surface area contributed by atoms with E-state index in [1.54, 1.807) is 0 Å². The molecule has 0 aromatic carbocycles. The SMILES string of the molecule is CC(C)[C@@H]1NC(=O)N[C@@H](CC(=O)O)C1(C)C. The summed E-state index contributed by atoms with van der Waals surface area (Å²) in [6.45, 7) is 8.01. The molecule has 1 rings (SSSR count). The first-order valence-electron chi connectivity index (χ1n) is 5.54. The number of rotatable bonds is 3. The molecule has 0 radical (unpaired) electrons. The highest BCUT2D eigenvalue weighted by molar-refractivity contribution is 5.77. The molecule has 16 heavy (non-hydrogen) atoms. The van der Waals surface area contributed by atoms with Gasteiger partial charge in [-0.25, -0.2) is 4.79 Å². The quantitative estimate of drug-likeness (QED) is 0.679. The number of hydrogen-bond acceptors (Lipinski definition) is 2. The monoisotopic (exact) mass is 228 g/mol. The van der Waals surface area contributed by atoms with Gasteiger partial charge in [-0.15, -0.1) is 0 Å². The highest BCUT2D eigenvalue weighted by atomic mass is 16.4. The molecule has 1 aliphatic rings. The van der Waals surface area contributed by atoms with Crippen LogP contribution in [-0.4, -0.2) is 29.2 Å². The van der Waals surface area contributed by atoms with Crippen molar-refractivity contribution in [2.45, 2.75) is 46.2 Å². The Bertz CT molecular complexity index is 298. The number of amides is 2. The molecule has 0 unspecified atom stereocenters. The lowest BCUT2D eigenvalue weighted by atomic mass is 9.71. The molecule has 0 saturated carbocycles. The maximum atomic E-state index is 11.4. The van der Waals surface area contributed by atoms with Crippen molar-refractivity contribution in [1.82, 2.24) is 10.6 Å². The Kier molecular flexibility index (Phi) is 3.45. The normalized spacial score (nSPS) is 28.4. The van der Waals surface area contributed by atoms with E-state index in [9.17, 15) is 9.59 Å². The molecular formula is C11H20N2O3. The molecule has 3 N–H and O–H groups in total. The average Bonchev–Trinajstić information content (AvgIpc) is 2.09. The molecule has 2 atom stereocenters. The van der Waals surface area contributed by atoms with E-state index in [1.165, 1.54) is 0 Å². The summed E-state index contributed by atoms with van der Waals surface area (Å²) in [5, 5.41) is 14.4. The fraction of sp³-hybridized carbons (Fsp3) is 0.818. The third-order valence-electron chi connectivity index (χ3n) is 3.34. The van der Waals surface area contributed by atoms with Crippen LogP contribution in [0, 0.1) is 11.3 Å². The van der Waals surface area contributed by atoms with Gasteiger partial charge in [0, 0.05) is 17.5 Å². The molecule has 0 aromatic heterocycles. The van der Waals surface area contributed by atoms with E-state index < -0.39 is 5.97 Å². The Morgan fingerprint density at radius 3 is 2.44 bits per heavy atom. The van der Waals surface area contributed by atoms with Crippen LogP contribution in [0.3, 0.4) is 0 Å². The number of carbonyl (C=O) groups excluding carboxylic acids is 1. The van der Waals surface area contributed by atoms with Crippen LogP contribution in [0.15, 0.2) is 0 Å². The van der Waals surface area contributed by atoms with Crippen molar-refractivity contribution >= 4 is 12.0 Å². The molecule has 1 fully saturated rings. The van der Waals surface area contributed by atoms with E-state index in [0.717, 1.165) is 0 Å². The molecule has 0 bridgehead atoms. The second kappa shape index (κ2) is 4.31. The summed E-state index contributed by atoms with van der Waals surface area (Å²) >= 11 is 0. The van der Waals surface area contributed by atoms with E-state index >= 15 is 0 Å². The van der Waals surface area contributed by atoms with Crippen LogP contribution >= 0.6 is 0 Å². The highest BCUT2D eigenvalue weighted by Crippen LogP contribution is 2.33. The number of carboxylic acid groups (broad SMARTS) is 1. The van der Waals surface area contributed by atoms with E-state index in [2.05, 4.69) is 10.6 Å². The Balaban J connectivity index is 2.91. The second-order valence-corrected chi connectivity index (χ2v) is 5.31. The van der Waals surface area contributed by atoms with Gasteiger partial charge in [0.25, 0.3) is 0 Å². The minimum absolute atomic E-state index is 0.00870. The van der Waals surface area contributed by atoms with Crippen LogP contribution < -0.4 is 10.6 Å². The molecule has 0 aliphatic carbocycles. The van der Waals surface area contributed by atoms with Crippen molar-refractivity contribution in [3.63, 3.8) is 0 Å². The predicted molar refractivity (Wildman–Crippen MR) is 60.1 cm³/mol. The minimum Gasteiger partial charge on any atom is -0.481 e. The van der Waals surface area contributed by atoms with Crippen LogP contribution in [-0.2, 0) is 4.79 Å². The number of aliphatic carboxylic acids is 1. The summed E-state index contributed by atoms with van der Waals surface area (Å²) in [7, 11) is 0. The van der Waals surface area contributed by atoms with Crippen LogP contribution in [0.4, 0.5) is 4.79 Å². The van der Waals surface area contributed by atoms with Gasteiger partial charge in [0.05, 0.1) is 6.42 Å². The Hall–Kier alpha value is -1.26. The lowest BCUT2D eigenvalue weighted by molar-refractivity contribution is -0.138. The largest absolute Gasteiger partial charge is 0.481 e. The first-order chi connectivity index (χ1) is 7.25. The first kappa shape index (κ1) is 12.8. The predicted octanol–water partition coefficient (Wildman–Crippen LogP) is 1.19. The number of urea groups is 1. The molecule has 2 amide bonds. The number of nitrogens with one attached hydrogen (secondary N) is 2. The van der Waals surface area contributed by atoms with Crippen molar-refractivity contribution in [2.75, 3.05) is 0 Å². The fourth-order valence-corrected chi connectivity index (χ4v) is 2.44. The fourth-order valence-electron chi connectivity index (χ4n) is 2.44. The van der Waals surface area contributed by atoms with Crippen LogP contribution in [0.1, 0.15) is 34.1 Å². The standard InChI is InChI=1S/C11H20N2O3/c1-6(2)9-11(3,4)7(5-8(14)15)12-10(16)13-9/h6-7,9H,5H2,1-4H3,(H,14,15)(H2,12,13,16)/t7-,9-/m0/s1. The summed E-state index contributed by atoms with van der Waals surface area (Å²) in [6, 6.07) is -0.610. The first-order valence-corrected chi connectivity index (χ1v) is 5.54. The zero-order chi connectivity index (χ0) is 12.5. The molecule has 92 valence electrons. The third-order valence-corrected chi connectivity index (χ3v) is 3.34. The van der Waals surface area contributed by atoms with E-state index in [4.69, 9.17) is 5.11 Å². The van der Waals surface area contributed by atoms with E-state index in [0.29, 0.717) is 0 Å². The van der Waals surface area contributed by atoms with Gasteiger partial charge in [0.15, 0.2) is 0 Å². The smallest absolute Gasteiger partial charge is 0.315 e. The van der Waals surface area contributed by atoms with E-state index in [-0.39, 0.29) is 35.9 Å². The van der Waals surface area contributed by atoms with E-state index in [1.807, 2.05) is 27.7 Å². The zero-order valence-electron chi connectivity index (χ0n) is 10.2. The molecule has 0 aromatic rings. The zero-order valence-corrected chi connectivity index (χ0v) is 10.2. The topological polar surface area (TPSA) is 78.4 Å². The van der Waals surface area contributed by atoms with Gasteiger partial charge in [-0.1, -0.05) is 27.7 Å². The minimum atomic E-state index is -0.886. The lowest BCUT2D eigenvalue weighted by Crippen LogP contribution is -2.66. The van der Waals surface area contributed by atoms with Crippen LogP contribution in [0.2, 0.25) is 0 Å². The molecule has 1 heterocycles. The van der Waals surface area contributed by atoms with Crippen molar-refractivity contribution < 1.29 is 14.7 Å². The van der Waals surface area contributed by atoms with Crippen molar-refractivity contribution in [3.8, 4) is 0 Å². The summed E-state index contributed by atoms with van der Waals surface area (Å²) in [5.41, 5.74) is -0.277. The lowest BCUT2D eigenvalue weighted by Gasteiger charge is -2.47. The molecule has 1 saturated heterocycles. The second-order valence-electron chi connectivity index (χ2n) is 5.31. The summed E-state index contributed by atoms with van der Waals surface area (Å²) < 4.78 is 0. The maximum absolute atomic E-state index is 11.4. The Labute approximate surface area is 95.6 Å². The van der Waals surface area contributed by atoms with Gasteiger partial charge in [-0.2, -0.15) is 0 Å². The summed E-state index contributed by atoms with van der Waals surface area (Å²) in [5.74, 6) is -0.611. The summed E-state index contributed by atoms with van der Waals surface area (Å²) in [6.07, 6.45) is -0.0381. The number of carboxylic acids is 1. The Morgan fingerprint density at radius 1 is 1.44 bits per heavy atom. The summed E-state index contributed by atoms with van der Waals surface area (Å²) in [4.78, 5) is 22.2. The highest BCUT2D eigenvalue weighted by Gasteiger charge is 2.44. The van der Waals surface area contributed by atoms with Gasteiger partial charge in [0.2, 0.25) is 0 Å². The number of hydrogen-bond donors (Lipinski definition) is 3. The van der Waals surface area contributed by atoms with Gasteiger partial charge in [0.1, 0.15) is 0 Å². The number of carbonyl (C=O) groups is 2. The molecular weight excluding hydrogens is 208 g/mol. The van der Waals surface area contributed by atoms with Gasteiger partial charge in [-0.3, -0.25) is 4.79 Å². The van der Waals surface area contributed by atoms with Crippen molar-refractivity contribution in [2.24, 2.45) is 11.3 Å². The molecule has 5 heteroatoms. The molecule has 0 spiro atoms. The van der Waals surface area contributed by atoms with Crippen molar-refractivity contribution in [3.05, 3.63) is 0 Å². The van der Waals surface area contributed by atoms with Gasteiger partial charge in [-0.05, 0) is 5.92 Å². The average molecular weight is 228 g/mol. The van der Waals surface area contributed by atoms with Crippen molar-refractivity contribution in [1.29, 1.82) is 0 Å². The van der Waals surface area contributed by atoms with Crippen LogP contribution in [0.25, 0.3) is 0 Å². The molecule has 5 nitrogen and oxygen atoms in total. The Morgan fingerprint density at radius 2 is 2.00 bits per heavy atom. The third kappa shape index (κ3) is 2.46.